The van der Waals surface area contributed by atoms with E-state index in [1.807, 2.05) is 0 Å². The number of hydrogen-bond donors (Lipinski definition) is 3. The summed E-state index contributed by atoms with van der Waals surface area (Å²) in [6.07, 6.45) is 0.657. The molecule has 1 fully saturated rings. The molecule has 146 valence electrons. The maximum atomic E-state index is 13.1. The lowest BCUT2D eigenvalue weighted by molar-refractivity contribution is 0.0756. The van der Waals surface area contributed by atoms with Crippen molar-refractivity contribution in [2.45, 2.75) is 12.5 Å². The number of rotatable bonds is 1. The van der Waals surface area contributed by atoms with Crippen LogP contribution in [0.5, 0.6) is 11.5 Å². The number of aromatic hydroxyl groups is 2. The smallest absolute Gasteiger partial charge is 0.289 e. The van der Waals surface area contributed by atoms with E-state index in [9.17, 15) is 24.6 Å². The fraction of sp³-hybridized carbons (Fsp3) is 0.190. The Morgan fingerprint density at radius 2 is 1.69 bits per heavy atom. The number of nitrogens with two attached hydrogens (primary N) is 1. The van der Waals surface area contributed by atoms with Crippen LogP contribution in [0, 0.1) is 0 Å². The van der Waals surface area contributed by atoms with E-state index in [2.05, 4.69) is 0 Å². The monoisotopic (exact) mass is 392 g/mol. The predicted molar refractivity (Wildman–Crippen MR) is 101 cm³/mol. The summed E-state index contributed by atoms with van der Waals surface area (Å²) >= 11 is 0. The average Bonchev–Trinajstić information content (AvgIpc) is 3.35. The second-order valence-corrected chi connectivity index (χ2v) is 7.30. The largest absolute Gasteiger partial charge is 0.506 e. The lowest BCUT2D eigenvalue weighted by Crippen LogP contribution is -2.31. The van der Waals surface area contributed by atoms with Crippen LogP contribution in [-0.2, 0) is 0 Å². The highest BCUT2D eigenvalue weighted by Gasteiger charge is 2.40. The number of likely N-dealkylation sites (tertiary alicyclic amines) is 1. The molecule has 2 aliphatic rings. The van der Waals surface area contributed by atoms with Crippen molar-refractivity contribution < 1.29 is 29.0 Å². The average molecular weight is 392 g/mol. The normalized spacial score (nSPS) is 18.2. The Balaban J connectivity index is 1.67. The second-order valence-electron chi connectivity index (χ2n) is 7.30. The van der Waals surface area contributed by atoms with Gasteiger partial charge in [-0.1, -0.05) is 24.3 Å². The number of fused-ring (bicyclic) bond motifs is 3. The number of hydrogen-bond acceptors (Lipinski definition) is 7. The molecule has 2 aromatic carbocycles. The molecule has 2 heterocycles. The Morgan fingerprint density at radius 3 is 2.28 bits per heavy atom. The van der Waals surface area contributed by atoms with Crippen molar-refractivity contribution >= 4 is 28.2 Å². The van der Waals surface area contributed by atoms with Crippen molar-refractivity contribution in [1.29, 1.82) is 0 Å². The van der Waals surface area contributed by atoms with Crippen LogP contribution in [0.1, 0.15) is 49.0 Å². The number of amides is 1. The van der Waals surface area contributed by atoms with E-state index >= 15 is 0 Å². The second kappa shape index (κ2) is 5.92. The quantitative estimate of drug-likeness (QED) is 0.420. The summed E-state index contributed by atoms with van der Waals surface area (Å²) < 4.78 is 5.47. The number of ketones is 2. The minimum Gasteiger partial charge on any atom is -0.506 e. The maximum Gasteiger partial charge on any atom is 0.289 e. The minimum atomic E-state index is -0.759. The summed E-state index contributed by atoms with van der Waals surface area (Å²) in [4.78, 5) is 40.2. The first-order valence-corrected chi connectivity index (χ1v) is 9.13. The van der Waals surface area contributed by atoms with Gasteiger partial charge in [0.15, 0.2) is 11.5 Å². The number of phenols is 2. The standard InChI is InChI=1S/C21H16N2O6/c22-9-5-6-23(8-9)21(28)13-7-12-18(26)14-15(19(27)20(12)29-13)17(25)11-4-2-1-3-10(11)16(14)24/h1-4,7,9,24-25H,5-6,8,22H2/t9-/m0/s1. The molecule has 1 aliphatic heterocycles. The molecule has 0 bridgehead atoms. The summed E-state index contributed by atoms with van der Waals surface area (Å²) in [5.41, 5.74) is 5.11. The fourth-order valence-corrected chi connectivity index (χ4v) is 4.05. The van der Waals surface area contributed by atoms with Gasteiger partial charge in [0, 0.05) is 36.0 Å². The first kappa shape index (κ1) is 17.4. The molecule has 0 radical (unpaired) electrons. The molecule has 1 aliphatic carbocycles. The van der Waals surface area contributed by atoms with Crippen LogP contribution in [0.4, 0.5) is 0 Å². The highest BCUT2D eigenvalue weighted by Crippen LogP contribution is 2.44. The van der Waals surface area contributed by atoms with Gasteiger partial charge < -0.3 is 25.3 Å². The lowest BCUT2D eigenvalue weighted by Gasteiger charge is -2.18. The molecule has 29 heavy (non-hydrogen) atoms. The third-order valence-corrected chi connectivity index (χ3v) is 5.52. The van der Waals surface area contributed by atoms with Gasteiger partial charge in [0.05, 0.1) is 16.7 Å². The number of carbonyl (C=O) groups is 3. The zero-order valence-electron chi connectivity index (χ0n) is 15.1. The summed E-state index contributed by atoms with van der Waals surface area (Å²) in [6, 6.07) is 7.45. The van der Waals surface area contributed by atoms with Crippen molar-refractivity contribution in [3.63, 3.8) is 0 Å². The molecule has 8 nitrogen and oxygen atoms in total. The van der Waals surface area contributed by atoms with Crippen LogP contribution < -0.4 is 5.73 Å². The van der Waals surface area contributed by atoms with Crippen LogP contribution >= 0.6 is 0 Å². The van der Waals surface area contributed by atoms with Crippen LogP contribution in [0.15, 0.2) is 34.7 Å². The van der Waals surface area contributed by atoms with Gasteiger partial charge in [0.1, 0.15) is 11.5 Å². The van der Waals surface area contributed by atoms with Gasteiger partial charge in [-0.15, -0.1) is 0 Å². The minimum absolute atomic E-state index is 0.112. The van der Waals surface area contributed by atoms with Gasteiger partial charge in [-0.2, -0.15) is 0 Å². The molecule has 1 aromatic heterocycles. The molecule has 8 heteroatoms. The van der Waals surface area contributed by atoms with Gasteiger partial charge >= 0.3 is 0 Å². The third-order valence-electron chi connectivity index (χ3n) is 5.52. The predicted octanol–water partition coefficient (Wildman–Crippen LogP) is 1.79. The first-order valence-electron chi connectivity index (χ1n) is 9.13. The molecule has 5 rings (SSSR count). The molecule has 3 aromatic rings. The lowest BCUT2D eigenvalue weighted by atomic mass is 9.85. The Labute approximate surface area is 164 Å². The zero-order valence-corrected chi connectivity index (χ0v) is 15.1. The summed E-state index contributed by atoms with van der Waals surface area (Å²) in [7, 11) is 0. The maximum absolute atomic E-state index is 13.1. The summed E-state index contributed by atoms with van der Waals surface area (Å²) in [6.45, 7) is 0.819. The zero-order chi connectivity index (χ0) is 20.4. The molecule has 4 N–H and O–H groups in total. The van der Waals surface area contributed by atoms with E-state index < -0.39 is 29.0 Å². The molecule has 0 unspecified atom stereocenters. The van der Waals surface area contributed by atoms with Crippen LogP contribution in [0.3, 0.4) is 0 Å². The summed E-state index contributed by atoms with van der Waals surface area (Å²) in [5.74, 6) is -3.18. The molecule has 0 saturated carbocycles. The van der Waals surface area contributed by atoms with E-state index in [1.165, 1.54) is 17.0 Å². The number of benzene rings is 2. The van der Waals surface area contributed by atoms with Crippen LogP contribution in [0.25, 0.3) is 10.8 Å². The summed E-state index contributed by atoms with van der Waals surface area (Å²) in [5, 5.41) is 21.8. The molecule has 0 spiro atoms. The number of furan rings is 1. The highest BCUT2D eigenvalue weighted by molar-refractivity contribution is 6.32. The van der Waals surface area contributed by atoms with Gasteiger partial charge in [0.25, 0.3) is 5.91 Å². The fourth-order valence-electron chi connectivity index (χ4n) is 4.05. The van der Waals surface area contributed by atoms with Crippen molar-refractivity contribution in [3.05, 3.63) is 58.5 Å². The Bertz CT molecular complexity index is 1160. The molecular formula is C21H16N2O6. The van der Waals surface area contributed by atoms with Crippen molar-refractivity contribution in [2.75, 3.05) is 13.1 Å². The molecule has 1 atom stereocenters. The van der Waals surface area contributed by atoms with Crippen molar-refractivity contribution in [1.82, 2.24) is 4.90 Å². The van der Waals surface area contributed by atoms with Crippen LogP contribution in [-0.4, -0.2) is 51.7 Å². The van der Waals surface area contributed by atoms with E-state index in [-0.39, 0.29) is 45.0 Å². The van der Waals surface area contributed by atoms with E-state index in [4.69, 9.17) is 10.2 Å². The highest BCUT2D eigenvalue weighted by atomic mass is 16.4. The van der Waals surface area contributed by atoms with E-state index in [1.54, 1.807) is 18.2 Å². The van der Waals surface area contributed by atoms with Crippen molar-refractivity contribution in [2.24, 2.45) is 5.73 Å². The molecule has 1 saturated heterocycles. The number of nitrogens with zero attached hydrogens (tertiary/aromatic N) is 1. The SMILES string of the molecule is N[C@H]1CCN(C(=O)c2cc3c(o2)C(=O)c2c(c(O)c4ccccc4c2O)C3=O)C1. The van der Waals surface area contributed by atoms with Gasteiger partial charge in [-0.25, -0.2) is 0 Å². The van der Waals surface area contributed by atoms with E-state index in [0.717, 1.165) is 0 Å². The first-order chi connectivity index (χ1) is 13.9. The van der Waals surface area contributed by atoms with E-state index in [0.29, 0.717) is 19.5 Å². The van der Waals surface area contributed by atoms with Gasteiger partial charge in [0.2, 0.25) is 11.6 Å². The molecular weight excluding hydrogens is 376 g/mol. The van der Waals surface area contributed by atoms with Crippen molar-refractivity contribution in [3.8, 4) is 11.5 Å². The number of carbonyl (C=O) groups excluding carboxylic acids is 3. The third kappa shape index (κ3) is 2.32. The Morgan fingerprint density at radius 1 is 1.07 bits per heavy atom. The Hall–Kier alpha value is -3.65. The number of phenolic OH excluding ortho intramolecular Hbond substituents is 2. The van der Waals surface area contributed by atoms with Crippen LogP contribution in [0.2, 0.25) is 0 Å². The topological polar surface area (TPSA) is 134 Å². The Kier molecular flexibility index (Phi) is 3.56. The molecule has 1 amide bonds. The van der Waals surface area contributed by atoms with Gasteiger partial charge in [-0.3, -0.25) is 14.4 Å². The van der Waals surface area contributed by atoms with Gasteiger partial charge in [-0.05, 0) is 6.42 Å².